The number of alkyl halides is 3. The van der Waals surface area contributed by atoms with Crippen LogP contribution in [0.4, 0.5) is 18.9 Å². The predicted molar refractivity (Wildman–Crippen MR) is 85.6 cm³/mol. The van der Waals surface area contributed by atoms with E-state index >= 15 is 0 Å². The number of anilines is 1. The fraction of sp³-hybridized carbons (Fsp3) is 0.533. The first-order valence-corrected chi connectivity index (χ1v) is 7.35. The van der Waals surface area contributed by atoms with Crippen molar-refractivity contribution in [2.24, 2.45) is 10.7 Å². The van der Waals surface area contributed by atoms with Crippen molar-refractivity contribution in [1.82, 2.24) is 4.90 Å². The lowest BCUT2D eigenvalue weighted by atomic mass is 10.2. The van der Waals surface area contributed by atoms with Gasteiger partial charge in [0.2, 0.25) is 0 Å². The molecule has 3 N–H and O–H groups in total. The topological polar surface area (TPSA) is 62.9 Å². The first-order chi connectivity index (χ1) is 10.7. The molecule has 1 aromatic rings. The van der Waals surface area contributed by atoms with E-state index in [2.05, 4.69) is 33.8 Å². The number of likely N-dealkylation sites (N-methyl/N-ethyl adjacent to an activating group) is 1. The molecule has 0 saturated heterocycles. The molecule has 0 aromatic heterocycles. The van der Waals surface area contributed by atoms with Gasteiger partial charge in [-0.15, -0.1) is 13.2 Å². The van der Waals surface area contributed by atoms with Gasteiger partial charge in [-0.2, -0.15) is 0 Å². The number of hydrogen-bond donors (Lipinski definition) is 2. The Morgan fingerprint density at radius 2 is 2.04 bits per heavy atom. The second kappa shape index (κ2) is 8.61. The maximum absolute atomic E-state index is 12.3. The van der Waals surface area contributed by atoms with E-state index in [9.17, 15) is 13.2 Å². The van der Waals surface area contributed by atoms with Crippen LogP contribution in [0.15, 0.2) is 29.3 Å². The molecule has 130 valence electrons. The molecule has 1 unspecified atom stereocenters. The molecule has 0 spiro atoms. The molecule has 0 aliphatic heterocycles. The summed E-state index contributed by atoms with van der Waals surface area (Å²) in [5.41, 5.74) is 5.83. The van der Waals surface area contributed by atoms with E-state index < -0.39 is 6.36 Å². The van der Waals surface area contributed by atoms with Crippen LogP contribution in [0.5, 0.6) is 5.75 Å². The van der Waals surface area contributed by atoms with Crippen LogP contribution in [0.3, 0.4) is 0 Å². The summed E-state index contributed by atoms with van der Waals surface area (Å²) in [6, 6.07) is 6.10. The fourth-order valence-electron chi connectivity index (χ4n) is 1.82. The summed E-state index contributed by atoms with van der Waals surface area (Å²) in [5, 5.41) is 2.63. The molecule has 23 heavy (non-hydrogen) atoms. The molecule has 1 aromatic carbocycles. The molecule has 1 rings (SSSR count). The van der Waals surface area contributed by atoms with Crippen LogP contribution in [0.2, 0.25) is 0 Å². The number of nitrogens with two attached hydrogens (primary N) is 1. The number of nitrogens with one attached hydrogen (secondary N) is 1. The van der Waals surface area contributed by atoms with Crippen molar-refractivity contribution in [2.45, 2.75) is 32.7 Å². The molecule has 0 fully saturated rings. The van der Waals surface area contributed by atoms with Gasteiger partial charge in [0.25, 0.3) is 0 Å². The van der Waals surface area contributed by atoms with Crippen molar-refractivity contribution in [2.75, 3.05) is 25.5 Å². The molecule has 0 saturated carbocycles. The van der Waals surface area contributed by atoms with E-state index in [1.807, 2.05) is 7.05 Å². The molecule has 0 aliphatic rings. The smallest absolute Gasteiger partial charge is 0.404 e. The maximum Gasteiger partial charge on any atom is 0.573 e. The highest BCUT2D eigenvalue weighted by Gasteiger charge is 2.32. The van der Waals surface area contributed by atoms with Gasteiger partial charge in [-0.1, -0.05) is 19.1 Å². The third-order valence-corrected chi connectivity index (χ3v) is 3.45. The molecule has 0 amide bonds. The fourth-order valence-corrected chi connectivity index (χ4v) is 1.82. The first-order valence-electron chi connectivity index (χ1n) is 7.35. The van der Waals surface area contributed by atoms with Gasteiger partial charge in [-0.05, 0) is 32.5 Å². The Morgan fingerprint density at radius 3 is 2.65 bits per heavy atom. The number of guanidine groups is 1. The Morgan fingerprint density at radius 1 is 1.39 bits per heavy atom. The van der Waals surface area contributed by atoms with Gasteiger partial charge in [-0.3, -0.25) is 4.99 Å². The molecular formula is C15H23F3N4O. The van der Waals surface area contributed by atoms with E-state index in [4.69, 9.17) is 5.73 Å². The van der Waals surface area contributed by atoms with Gasteiger partial charge in [0.1, 0.15) is 0 Å². The van der Waals surface area contributed by atoms with Crippen molar-refractivity contribution in [3.63, 3.8) is 0 Å². The van der Waals surface area contributed by atoms with Crippen LogP contribution in [0, 0.1) is 0 Å². The number of para-hydroxylation sites is 2. The Hall–Kier alpha value is -1.96. The minimum atomic E-state index is -4.76. The zero-order valence-electron chi connectivity index (χ0n) is 13.5. The number of aliphatic imine (C=N–C) groups is 1. The molecule has 0 heterocycles. The molecule has 1 atom stereocenters. The van der Waals surface area contributed by atoms with E-state index in [0.717, 1.165) is 6.42 Å². The Labute approximate surface area is 134 Å². The summed E-state index contributed by atoms with van der Waals surface area (Å²) in [6.45, 7) is 5.36. The summed E-state index contributed by atoms with van der Waals surface area (Å²) < 4.78 is 41.0. The third-order valence-electron chi connectivity index (χ3n) is 3.45. The highest BCUT2D eigenvalue weighted by molar-refractivity contribution is 5.93. The number of benzene rings is 1. The summed E-state index contributed by atoms with van der Waals surface area (Å²) in [5.74, 6) is -0.310. The first kappa shape index (κ1) is 19.1. The number of nitrogens with zero attached hydrogens (tertiary/aromatic N) is 2. The van der Waals surface area contributed by atoms with Crippen molar-refractivity contribution < 1.29 is 17.9 Å². The van der Waals surface area contributed by atoms with Crippen molar-refractivity contribution in [3.8, 4) is 5.75 Å². The molecule has 0 radical (unpaired) electrons. The molecule has 5 nitrogen and oxygen atoms in total. The number of halogens is 3. The summed E-state index contributed by atoms with van der Waals surface area (Å²) >= 11 is 0. The van der Waals surface area contributed by atoms with Gasteiger partial charge < -0.3 is 20.7 Å². The van der Waals surface area contributed by atoms with Gasteiger partial charge in [0.15, 0.2) is 11.7 Å². The van der Waals surface area contributed by atoms with Crippen LogP contribution in [0.25, 0.3) is 0 Å². The van der Waals surface area contributed by atoms with E-state index in [-0.39, 0.29) is 17.4 Å². The summed E-state index contributed by atoms with van der Waals surface area (Å²) in [6.07, 6.45) is -3.74. The lowest BCUT2D eigenvalue weighted by Gasteiger charge is -2.22. The van der Waals surface area contributed by atoms with Gasteiger partial charge >= 0.3 is 6.36 Å². The number of ether oxygens (including phenoxy) is 1. The largest absolute Gasteiger partial charge is 0.573 e. The van der Waals surface area contributed by atoms with E-state index in [1.165, 1.54) is 18.2 Å². The normalized spacial score (nSPS) is 14.0. The molecule has 0 bridgehead atoms. The van der Waals surface area contributed by atoms with Gasteiger partial charge in [-0.25, -0.2) is 0 Å². The van der Waals surface area contributed by atoms with Crippen LogP contribution in [0.1, 0.15) is 20.3 Å². The standard InChI is InChI=1S/C15H23F3N4O/c1-4-11(2)22(3)10-9-20-14(19)21-12-7-5-6-8-13(12)23-15(16,17)18/h5-8,11H,4,9-10H2,1-3H3,(H3,19,20,21). The average molecular weight is 332 g/mol. The van der Waals surface area contributed by atoms with Crippen molar-refractivity contribution >= 4 is 11.6 Å². The van der Waals surface area contributed by atoms with Crippen LogP contribution in [-0.4, -0.2) is 43.4 Å². The van der Waals surface area contributed by atoms with E-state index in [1.54, 1.807) is 6.07 Å². The zero-order valence-corrected chi connectivity index (χ0v) is 13.5. The monoisotopic (exact) mass is 332 g/mol. The minimum absolute atomic E-state index is 0.0424. The highest BCUT2D eigenvalue weighted by atomic mass is 19.4. The third kappa shape index (κ3) is 7.23. The Kier molecular flexibility index (Phi) is 7.15. The predicted octanol–water partition coefficient (Wildman–Crippen LogP) is 3.04. The highest BCUT2D eigenvalue weighted by Crippen LogP contribution is 2.29. The Bertz CT molecular complexity index is 520. The summed E-state index contributed by atoms with van der Waals surface area (Å²) in [7, 11) is 1.99. The van der Waals surface area contributed by atoms with Crippen molar-refractivity contribution in [1.29, 1.82) is 0 Å². The number of rotatable bonds is 7. The lowest BCUT2D eigenvalue weighted by molar-refractivity contribution is -0.274. The van der Waals surface area contributed by atoms with Crippen LogP contribution >= 0.6 is 0 Å². The van der Waals surface area contributed by atoms with Gasteiger partial charge in [0.05, 0.1) is 12.2 Å². The molecule has 8 heteroatoms. The maximum atomic E-state index is 12.3. The zero-order chi connectivity index (χ0) is 17.5. The Balaban J connectivity index is 2.63. The average Bonchev–Trinajstić information content (AvgIpc) is 2.46. The lowest BCUT2D eigenvalue weighted by Crippen LogP contribution is -2.32. The van der Waals surface area contributed by atoms with Gasteiger partial charge in [0, 0.05) is 12.6 Å². The second-order valence-electron chi connectivity index (χ2n) is 5.17. The molecular weight excluding hydrogens is 309 g/mol. The minimum Gasteiger partial charge on any atom is -0.404 e. The second-order valence-corrected chi connectivity index (χ2v) is 5.17. The van der Waals surface area contributed by atoms with Crippen LogP contribution in [-0.2, 0) is 0 Å². The molecule has 0 aliphatic carbocycles. The quantitative estimate of drug-likeness (QED) is 0.595. The van der Waals surface area contributed by atoms with Crippen molar-refractivity contribution in [3.05, 3.63) is 24.3 Å². The summed E-state index contributed by atoms with van der Waals surface area (Å²) in [4.78, 5) is 6.25. The SMILES string of the molecule is CCC(C)N(C)CCN=C(N)Nc1ccccc1OC(F)(F)F. The number of hydrogen-bond acceptors (Lipinski definition) is 3. The van der Waals surface area contributed by atoms with Crippen LogP contribution < -0.4 is 15.8 Å². The van der Waals surface area contributed by atoms with E-state index in [0.29, 0.717) is 19.1 Å².